The Bertz CT molecular complexity index is 206. The number of likely N-dealkylation sites (tertiary alicyclic amines) is 1. The molecule has 1 amide bonds. The predicted molar refractivity (Wildman–Crippen MR) is 57.2 cm³/mol. The Labute approximate surface area is 86.2 Å². The van der Waals surface area contributed by atoms with E-state index in [-0.39, 0.29) is 11.9 Å². The van der Waals surface area contributed by atoms with E-state index in [0.29, 0.717) is 6.04 Å². The van der Waals surface area contributed by atoms with Crippen molar-refractivity contribution in [3.05, 3.63) is 0 Å². The van der Waals surface area contributed by atoms with Gasteiger partial charge >= 0.3 is 0 Å². The SMILES string of the molecule is CNC1CCN(C(C)C(=O)N(C)C)C1. The molecule has 4 heteroatoms. The van der Waals surface area contributed by atoms with Crippen LogP contribution in [-0.2, 0) is 4.79 Å². The van der Waals surface area contributed by atoms with Crippen molar-refractivity contribution in [3.63, 3.8) is 0 Å². The summed E-state index contributed by atoms with van der Waals surface area (Å²) in [6.07, 6.45) is 1.14. The van der Waals surface area contributed by atoms with E-state index in [1.165, 1.54) is 0 Å². The summed E-state index contributed by atoms with van der Waals surface area (Å²) in [6.45, 7) is 3.99. The third kappa shape index (κ3) is 2.45. The van der Waals surface area contributed by atoms with Gasteiger partial charge in [0.15, 0.2) is 0 Å². The number of likely N-dealkylation sites (N-methyl/N-ethyl adjacent to an activating group) is 2. The average Bonchev–Trinajstić information content (AvgIpc) is 2.63. The molecule has 1 rings (SSSR count). The van der Waals surface area contributed by atoms with Crippen LogP contribution in [0.25, 0.3) is 0 Å². The Hall–Kier alpha value is -0.610. The lowest BCUT2D eigenvalue weighted by Crippen LogP contribution is -2.44. The molecule has 2 atom stereocenters. The number of nitrogens with zero attached hydrogens (tertiary/aromatic N) is 2. The number of carbonyl (C=O) groups excluding carboxylic acids is 1. The van der Waals surface area contributed by atoms with Crippen molar-refractivity contribution in [2.75, 3.05) is 34.2 Å². The van der Waals surface area contributed by atoms with Crippen LogP contribution >= 0.6 is 0 Å². The van der Waals surface area contributed by atoms with E-state index >= 15 is 0 Å². The van der Waals surface area contributed by atoms with E-state index in [4.69, 9.17) is 0 Å². The van der Waals surface area contributed by atoms with E-state index in [1.807, 2.05) is 28.1 Å². The molecule has 0 spiro atoms. The molecule has 4 nitrogen and oxygen atoms in total. The van der Waals surface area contributed by atoms with E-state index in [9.17, 15) is 4.79 Å². The second-order valence-electron chi connectivity index (χ2n) is 4.18. The number of amides is 1. The van der Waals surface area contributed by atoms with Gasteiger partial charge in [-0.3, -0.25) is 9.69 Å². The van der Waals surface area contributed by atoms with Crippen LogP contribution in [-0.4, -0.2) is 62.0 Å². The monoisotopic (exact) mass is 199 g/mol. The highest BCUT2D eigenvalue weighted by Crippen LogP contribution is 2.13. The molecule has 82 valence electrons. The zero-order valence-corrected chi connectivity index (χ0v) is 9.58. The van der Waals surface area contributed by atoms with Crippen LogP contribution in [0.15, 0.2) is 0 Å². The molecule has 14 heavy (non-hydrogen) atoms. The number of carbonyl (C=O) groups is 1. The number of rotatable bonds is 3. The first kappa shape index (κ1) is 11.5. The highest BCUT2D eigenvalue weighted by molar-refractivity contribution is 5.80. The first-order chi connectivity index (χ1) is 6.56. The lowest BCUT2D eigenvalue weighted by molar-refractivity contribution is -0.133. The molecule has 1 aliphatic heterocycles. The molecule has 1 aliphatic rings. The van der Waals surface area contributed by atoms with Gasteiger partial charge in [0, 0.05) is 33.2 Å². The summed E-state index contributed by atoms with van der Waals surface area (Å²) in [5.41, 5.74) is 0. The second kappa shape index (κ2) is 4.75. The maximum Gasteiger partial charge on any atom is 0.239 e. The Kier molecular flexibility index (Phi) is 3.89. The fraction of sp³-hybridized carbons (Fsp3) is 0.900. The summed E-state index contributed by atoms with van der Waals surface area (Å²) in [7, 11) is 5.60. The molecule has 0 aromatic heterocycles. The molecular weight excluding hydrogens is 178 g/mol. The fourth-order valence-electron chi connectivity index (χ4n) is 1.90. The lowest BCUT2D eigenvalue weighted by atomic mass is 10.2. The lowest BCUT2D eigenvalue weighted by Gasteiger charge is -2.25. The summed E-state index contributed by atoms with van der Waals surface area (Å²) < 4.78 is 0. The predicted octanol–water partition coefficient (Wildman–Crippen LogP) is -0.243. The summed E-state index contributed by atoms with van der Waals surface area (Å²) in [5.74, 6) is 0.196. The van der Waals surface area contributed by atoms with Gasteiger partial charge in [-0.05, 0) is 20.4 Å². The van der Waals surface area contributed by atoms with E-state index in [1.54, 1.807) is 4.90 Å². The van der Waals surface area contributed by atoms with Crippen molar-refractivity contribution in [2.45, 2.75) is 25.4 Å². The van der Waals surface area contributed by atoms with Crippen LogP contribution in [0.5, 0.6) is 0 Å². The quantitative estimate of drug-likeness (QED) is 0.681. The molecule has 0 aromatic carbocycles. The zero-order chi connectivity index (χ0) is 10.7. The van der Waals surface area contributed by atoms with E-state index in [2.05, 4.69) is 10.2 Å². The molecular formula is C10H21N3O. The van der Waals surface area contributed by atoms with Gasteiger partial charge in [0.05, 0.1) is 6.04 Å². The number of hydrogen-bond donors (Lipinski definition) is 1. The first-order valence-corrected chi connectivity index (χ1v) is 5.18. The summed E-state index contributed by atoms with van der Waals surface area (Å²) in [4.78, 5) is 15.6. The Morgan fingerprint density at radius 3 is 2.64 bits per heavy atom. The molecule has 0 aliphatic carbocycles. The van der Waals surface area contributed by atoms with Crippen molar-refractivity contribution < 1.29 is 4.79 Å². The zero-order valence-electron chi connectivity index (χ0n) is 9.58. The molecule has 1 N–H and O–H groups in total. The van der Waals surface area contributed by atoms with Gasteiger partial charge in [0.2, 0.25) is 5.91 Å². The van der Waals surface area contributed by atoms with Crippen molar-refractivity contribution in [1.29, 1.82) is 0 Å². The fourth-order valence-corrected chi connectivity index (χ4v) is 1.90. The molecule has 1 heterocycles. The summed E-state index contributed by atoms with van der Waals surface area (Å²) in [5, 5.41) is 3.25. The molecule has 0 saturated carbocycles. The smallest absolute Gasteiger partial charge is 0.239 e. The van der Waals surface area contributed by atoms with Gasteiger partial charge in [0.25, 0.3) is 0 Å². The molecule has 1 fully saturated rings. The summed E-state index contributed by atoms with van der Waals surface area (Å²) in [6, 6.07) is 0.566. The van der Waals surface area contributed by atoms with Crippen LogP contribution in [0.1, 0.15) is 13.3 Å². The molecule has 0 radical (unpaired) electrons. The minimum absolute atomic E-state index is 0.0170. The van der Waals surface area contributed by atoms with Gasteiger partial charge in [-0.25, -0.2) is 0 Å². The standard InChI is InChI=1S/C10H21N3O/c1-8(10(14)12(3)4)13-6-5-9(7-13)11-2/h8-9,11H,5-7H2,1-4H3. The molecule has 0 aromatic rings. The Balaban J connectivity index is 2.46. The van der Waals surface area contributed by atoms with Crippen molar-refractivity contribution in [1.82, 2.24) is 15.1 Å². The van der Waals surface area contributed by atoms with Gasteiger partial charge in [-0.15, -0.1) is 0 Å². The van der Waals surface area contributed by atoms with Crippen LogP contribution < -0.4 is 5.32 Å². The average molecular weight is 199 g/mol. The van der Waals surface area contributed by atoms with Crippen LogP contribution in [0, 0.1) is 0 Å². The Morgan fingerprint density at radius 2 is 2.21 bits per heavy atom. The molecule has 1 saturated heterocycles. The third-order valence-electron chi connectivity index (χ3n) is 2.97. The largest absolute Gasteiger partial charge is 0.347 e. The normalized spacial score (nSPS) is 25.0. The second-order valence-corrected chi connectivity index (χ2v) is 4.18. The number of nitrogens with one attached hydrogen (secondary N) is 1. The minimum Gasteiger partial charge on any atom is -0.347 e. The van der Waals surface area contributed by atoms with Gasteiger partial charge in [-0.1, -0.05) is 0 Å². The maximum absolute atomic E-state index is 11.7. The molecule has 0 bridgehead atoms. The maximum atomic E-state index is 11.7. The third-order valence-corrected chi connectivity index (χ3v) is 2.97. The van der Waals surface area contributed by atoms with Crippen molar-refractivity contribution in [2.24, 2.45) is 0 Å². The number of hydrogen-bond acceptors (Lipinski definition) is 3. The first-order valence-electron chi connectivity index (χ1n) is 5.18. The summed E-state index contributed by atoms with van der Waals surface area (Å²) >= 11 is 0. The highest BCUT2D eigenvalue weighted by Gasteiger charge is 2.29. The van der Waals surface area contributed by atoms with Gasteiger partial charge in [0.1, 0.15) is 0 Å². The van der Waals surface area contributed by atoms with Crippen molar-refractivity contribution in [3.8, 4) is 0 Å². The topological polar surface area (TPSA) is 35.6 Å². The molecule has 2 unspecified atom stereocenters. The van der Waals surface area contributed by atoms with Gasteiger partial charge < -0.3 is 10.2 Å². The van der Waals surface area contributed by atoms with E-state index < -0.39 is 0 Å². The van der Waals surface area contributed by atoms with E-state index in [0.717, 1.165) is 19.5 Å². The van der Waals surface area contributed by atoms with Crippen LogP contribution in [0.3, 0.4) is 0 Å². The van der Waals surface area contributed by atoms with Crippen molar-refractivity contribution >= 4 is 5.91 Å². The Morgan fingerprint density at radius 1 is 1.57 bits per heavy atom. The van der Waals surface area contributed by atoms with Crippen LogP contribution in [0.4, 0.5) is 0 Å². The minimum atomic E-state index is 0.0170. The highest BCUT2D eigenvalue weighted by atomic mass is 16.2. The van der Waals surface area contributed by atoms with Gasteiger partial charge in [-0.2, -0.15) is 0 Å². The van der Waals surface area contributed by atoms with Crippen LogP contribution in [0.2, 0.25) is 0 Å².